The molecule has 30 heavy (non-hydrogen) atoms. The molecule has 0 unspecified atom stereocenters. The summed E-state index contributed by atoms with van der Waals surface area (Å²) in [6.07, 6.45) is -0.179. The molecular weight excluding hydrogens is 400 g/mol. The summed E-state index contributed by atoms with van der Waals surface area (Å²) in [5, 5.41) is 2.95. The fourth-order valence-corrected chi connectivity index (χ4v) is 2.73. The SMILES string of the molecule is COc1ccc2c(COC(=O)CCNC(=O)c3ccc(F)cc3F)cc(=O)oc2c1. The van der Waals surface area contributed by atoms with Gasteiger partial charge in [-0.2, -0.15) is 0 Å². The fraction of sp³-hybridized carbons (Fsp3) is 0.190. The number of halogens is 2. The van der Waals surface area contributed by atoms with E-state index in [1.807, 2.05) is 0 Å². The number of esters is 1. The average molecular weight is 417 g/mol. The topological polar surface area (TPSA) is 94.8 Å². The third-order valence-electron chi connectivity index (χ3n) is 4.22. The minimum atomic E-state index is -0.999. The van der Waals surface area contributed by atoms with E-state index in [9.17, 15) is 23.2 Å². The normalized spacial score (nSPS) is 10.6. The van der Waals surface area contributed by atoms with Gasteiger partial charge in [0.2, 0.25) is 0 Å². The Balaban J connectivity index is 1.56. The second kappa shape index (κ2) is 9.17. The molecule has 7 nitrogen and oxygen atoms in total. The van der Waals surface area contributed by atoms with Crippen LogP contribution in [0.15, 0.2) is 51.7 Å². The van der Waals surface area contributed by atoms with Crippen LogP contribution in [0.5, 0.6) is 5.75 Å². The molecule has 0 aliphatic rings. The second-order valence-corrected chi connectivity index (χ2v) is 6.24. The predicted molar refractivity (Wildman–Crippen MR) is 102 cm³/mol. The van der Waals surface area contributed by atoms with E-state index < -0.39 is 29.1 Å². The Morgan fingerprint density at radius 3 is 2.63 bits per heavy atom. The summed E-state index contributed by atoms with van der Waals surface area (Å²) in [5.41, 5.74) is -0.186. The van der Waals surface area contributed by atoms with Crippen LogP contribution in [0.25, 0.3) is 11.0 Å². The zero-order valence-corrected chi connectivity index (χ0v) is 15.9. The van der Waals surface area contributed by atoms with E-state index in [2.05, 4.69) is 5.32 Å². The number of benzene rings is 2. The quantitative estimate of drug-likeness (QED) is 0.469. The molecule has 0 spiro atoms. The van der Waals surface area contributed by atoms with E-state index in [-0.39, 0.29) is 25.1 Å². The number of hydrogen-bond donors (Lipinski definition) is 1. The van der Waals surface area contributed by atoms with Crippen molar-refractivity contribution in [2.45, 2.75) is 13.0 Å². The average Bonchev–Trinajstić information content (AvgIpc) is 2.71. The van der Waals surface area contributed by atoms with Gasteiger partial charge < -0.3 is 19.2 Å². The van der Waals surface area contributed by atoms with Crippen LogP contribution >= 0.6 is 0 Å². The first-order chi connectivity index (χ1) is 14.4. The van der Waals surface area contributed by atoms with Crippen LogP contribution in [0.3, 0.4) is 0 Å². The Bertz CT molecular complexity index is 1160. The molecular formula is C21H17F2NO6. The van der Waals surface area contributed by atoms with E-state index in [4.69, 9.17) is 13.9 Å². The minimum absolute atomic E-state index is 0.108. The zero-order valence-electron chi connectivity index (χ0n) is 15.9. The number of nitrogens with one attached hydrogen (secondary N) is 1. The van der Waals surface area contributed by atoms with Crippen molar-refractivity contribution in [1.82, 2.24) is 5.32 Å². The molecule has 0 atom stereocenters. The Morgan fingerprint density at radius 2 is 1.90 bits per heavy atom. The maximum absolute atomic E-state index is 13.6. The molecule has 3 rings (SSSR count). The third-order valence-corrected chi connectivity index (χ3v) is 4.22. The van der Waals surface area contributed by atoms with Gasteiger partial charge in [-0.1, -0.05) is 0 Å². The number of carbonyl (C=O) groups excluding carboxylic acids is 2. The maximum Gasteiger partial charge on any atom is 0.336 e. The van der Waals surface area contributed by atoms with Crippen LogP contribution in [0.4, 0.5) is 8.78 Å². The number of ether oxygens (including phenoxy) is 2. The molecule has 0 bridgehead atoms. The lowest BCUT2D eigenvalue weighted by atomic mass is 10.1. The molecule has 2 aromatic carbocycles. The van der Waals surface area contributed by atoms with Crippen molar-refractivity contribution in [3.8, 4) is 5.75 Å². The molecule has 156 valence electrons. The first-order valence-corrected chi connectivity index (χ1v) is 8.87. The number of fused-ring (bicyclic) bond motifs is 1. The lowest BCUT2D eigenvalue weighted by Crippen LogP contribution is -2.27. The Kier molecular flexibility index (Phi) is 6.41. The van der Waals surface area contributed by atoms with Crippen molar-refractivity contribution in [1.29, 1.82) is 0 Å². The first-order valence-electron chi connectivity index (χ1n) is 8.87. The van der Waals surface area contributed by atoms with Crippen molar-refractivity contribution in [2.24, 2.45) is 0 Å². The molecule has 0 radical (unpaired) electrons. The van der Waals surface area contributed by atoms with E-state index in [1.54, 1.807) is 18.2 Å². The standard InChI is InChI=1S/C21H17F2NO6/c1-28-14-3-5-15-12(8-20(26)30-18(15)10-14)11-29-19(25)6-7-24-21(27)16-4-2-13(22)9-17(16)23/h2-5,8-10H,6-7,11H2,1H3,(H,24,27). The third kappa shape index (κ3) is 4.99. The van der Waals surface area contributed by atoms with Crippen LogP contribution in [0.2, 0.25) is 0 Å². The van der Waals surface area contributed by atoms with E-state index in [0.29, 0.717) is 28.3 Å². The Labute approximate surface area is 169 Å². The van der Waals surface area contributed by atoms with Gasteiger partial charge in [0.15, 0.2) is 0 Å². The van der Waals surface area contributed by atoms with Gasteiger partial charge in [-0.3, -0.25) is 9.59 Å². The maximum atomic E-state index is 13.6. The lowest BCUT2D eigenvalue weighted by molar-refractivity contribution is -0.144. The van der Waals surface area contributed by atoms with Gasteiger partial charge in [-0.15, -0.1) is 0 Å². The molecule has 0 fully saturated rings. The summed E-state index contributed by atoms with van der Waals surface area (Å²) in [4.78, 5) is 35.6. The molecule has 0 aliphatic heterocycles. The zero-order chi connectivity index (χ0) is 21.7. The molecule has 3 aromatic rings. The van der Waals surface area contributed by atoms with Gasteiger partial charge >= 0.3 is 11.6 Å². The highest BCUT2D eigenvalue weighted by Gasteiger charge is 2.14. The van der Waals surface area contributed by atoms with E-state index >= 15 is 0 Å². The second-order valence-electron chi connectivity index (χ2n) is 6.24. The van der Waals surface area contributed by atoms with E-state index in [1.165, 1.54) is 13.2 Å². The molecule has 1 aromatic heterocycles. The largest absolute Gasteiger partial charge is 0.497 e. The lowest BCUT2D eigenvalue weighted by Gasteiger charge is -2.09. The summed E-state index contributed by atoms with van der Waals surface area (Å²) >= 11 is 0. The molecule has 1 N–H and O–H groups in total. The minimum Gasteiger partial charge on any atom is -0.497 e. The number of rotatable bonds is 7. The van der Waals surface area contributed by atoms with Gasteiger partial charge in [0.05, 0.1) is 19.1 Å². The van der Waals surface area contributed by atoms with Crippen LogP contribution in [0.1, 0.15) is 22.3 Å². The van der Waals surface area contributed by atoms with Gasteiger partial charge in [0.1, 0.15) is 29.6 Å². The van der Waals surface area contributed by atoms with Crippen molar-refractivity contribution >= 4 is 22.8 Å². The highest BCUT2D eigenvalue weighted by molar-refractivity contribution is 5.94. The highest BCUT2D eigenvalue weighted by atomic mass is 19.1. The van der Waals surface area contributed by atoms with Gasteiger partial charge in [-0.25, -0.2) is 13.6 Å². The highest BCUT2D eigenvalue weighted by Crippen LogP contribution is 2.23. The van der Waals surface area contributed by atoms with Crippen molar-refractivity contribution in [3.63, 3.8) is 0 Å². The molecule has 0 aliphatic carbocycles. The van der Waals surface area contributed by atoms with Crippen LogP contribution in [-0.4, -0.2) is 25.5 Å². The molecule has 0 saturated carbocycles. The van der Waals surface area contributed by atoms with Crippen LogP contribution in [-0.2, 0) is 16.1 Å². The number of methoxy groups -OCH3 is 1. The number of hydrogen-bond acceptors (Lipinski definition) is 6. The van der Waals surface area contributed by atoms with Gasteiger partial charge in [0, 0.05) is 35.7 Å². The predicted octanol–water partition coefficient (Wildman–Crippen LogP) is 2.94. The Morgan fingerprint density at radius 1 is 1.10 bits per heavy atom. The summed E-state index contributed by atoms with van der Waals surface area (Å²) in [5.74, 6) is -2.70. The van der Waals surface area contributed by atoms with Crippen molar-refractivity contribution in [3.05, 3.63) is 75.6 Å². The van der Waals surface area contributed by atoms with Crippen molar-refractivity contribution < 1.29 is 32.3 Å². The molecule has 9 heteroatoms. The molecule has 1 heterocycles. The summed E-state index contributed by atoms with van der Waals surface area (Å²) in [6.45, 7) is -0.281. The van der Waals surface area contributed by atoms with Gasteiger partial charge in [0.25, 0.3) is 5.91 Å². The first kappa shape index (κ1) is 21.0. The summed E-state index contributed by atoms with van der Waals surface area (Å²) in [7, 11) is 1.48. The molecule has 0 saturated heterocycles. The summed E-state index contributed by atoms with van der Waals surface area (Å²) < 4.78 is 41.8. The summed E-state index contributed by atoms with van der Waals surface area (Å²) in [6, 6.07) is 8.70. The molecule has 1 amide bonds. The van der Waals surface area contributed by atoms with Gasteiger partial charge in [-0.05, 0) is 24.3 Å². The number of carbonyl (C=O) groups is 2. The van der Waals surface area contributed by atoms with E-state index in [0.717, 1.165) is 12.1 Å². The van der Waals surface area contributed by atoms with Crippen LogP contribution in [0, 0.1) is 11.6 Å². The monoisotopic (exact) mass is 417 g/mol. The fourth-order valence-electron chi connectivity index (χ4n) is 2.73. The Hall–Kier alpha value is -3.75. The van der Waals surface area contributed by atoms with Crippen LogP contribution < -0.4 is 15.7 Å². The van der Waals surface area contributed by atoms with Crippen molar-refractivity contribution in [2.75, 3.05) is 13.7 Å². The smallest absolute Gasteiger partial charge is 0.336 e. The number of amides is 1.